The molecule has 0 aromatic heterocycles. The minimum absolute atomic E-state index is 0.0000463. The van der Waals surface area contributed by atoms with E-state index in [1.54, 1.807) is 0 Å². The molecule has 0 saturated heterocycles. The molecule has 0 unspecified atom stereocenters. The summed E-state index contributed by atoms with van der Waals surface area (Å²) in [5.74, 6) is -0.272. The van der Waals surface area contributed by atoms with E-state index in [2.05, 4.69) is 26.1 Å². The smallest absolute Gasteiger partial charge is 0.124 e. The Labute approximate surface area is 115 Å². The van der Waals surface area contributed by atoms with Crippen LogP contribution in [0.1, 0.15) is 45.6 Å². The maximum absolute atomic E-state index is 13.2. The number of hydrogen-bond donors (Lipinski definition) is 1. The second-order valence-corrected chi connectivity index (χ2v) is 5.20. The molecule has 1 aromatic rings. The minimum Gasteiger partial charge on any atom is -0.316 e. The SMILES string of the molecule is CCCNCC(CC)(CC)c1ccc(F)cc1Cl. The fourth-order valence-electron chi connectivity index (χ4n) is 2.40. The predicted molar refractivity (Wildman–Crippen MR) is 76.8 cm³/mol. The van der Waals surface area contributed by atoms with Gasteiger partial charge in [-0.15, -0.1) is 0 Å². The number of hydrogen-bond acceptors (Lipinski definition) is 1. The van der Waals surface area contributed by atoms with Gasteiger partial charge in [-0.3, -0.25) is 0 Å². The molecule has 0 fully saturated rings. The molecule has 0 aliphatic heterocycles. The monoisotopic (exact) mass is 271 g/mol. The minimum atomic E-state index is -0.272. The van der Waals surface area contributed by atoms with Crippen LogP contribution in [0.15, 0.2) is 18.2 Å². The highest BCUT2D eigenvalue weighted by atomic mass is 35.5. The third-order valence-corrected chi connectivity index (χ3v) is 4.06. The summed E-state index contributed by atoms with van der Waals surface area (Å²) in [7, 11) is 0. The lowest BCUT2D eigenvalue weighted by Gasteiger charge is -2.33. The summed E-state index contributed by atoms with van der Waals surface area (Å²) < 4.78 is 13.2. The van der Waals surface area contributed by atoms with Gasteiger partial charge in [0.25, 0.3) is 0 Å². The lowest BCUT2D eigenvalue weighted by molar-refractivity contribution is 0.368. The maximum Gasteiger partial charge on any atom is 0.124 e. The second kappa shape index (κ2) is 7.10. The Balaban J connectivity index is 3.01. The van der Waals surface area contributed by atoms with Gasteiger partial charge in [-0.1, -0.05) is 38.4 Å². The summed E-state index contributed by atoms with van der Waals surface area (Å²) >= 11 is 6.22. The Morgan fingerprint density at radius 3 is 2.39 bits per heavy atom. The highest BCUT2D eigenvalue weighted by Crippen LogP contribution is 2.36. The van der Waals surface area contributed by atoms with Crippen LogP contribution in [-0.2, 0) is 5.41 Å². The summed E-state index contributed by atoms with van der Waals surface area (Å²) in [5.41, 5.74) is 1.05. The fraction of sp³-hybridized carbons (Fsp3) is 0.600. The van der Waals surface area contributed by atoms with Crippen molar-refractivity contribution >= 4 is 11.6 Å². The Morgan fingerprint density at radius 2 is 1.89 bits per heavy atom. The van der Waals surface area contributed by atoms with E-state index in [0.717, 1.165) is 37.9 Å². The van der Waals surface area contributed by atoms with Crippen LogP contribution in [0.25, 0.3) is 0 Å². The summed E-state index contributed by atoms with van der Waals surface area (Å²) in [6.45, 7) is 8.37. The molecule has 1 nitrogen and oxygen atoms in total. The Morgan fingerprint density at radius 1 is 1.22 bits per heavy atom. The van der Waals surface area contributed by atoms with Gasteiger partial charge in [0.05, 0.1) is 0 Å². The highest BCUT2D eigenvalue weighted by molar-refractivity contribution is 6.31. The molecular weight excluding hydrogens is 249 g/mol. The quantitative estimate of drug-likeness (QED) is 0.718. The van der Waals surface area contributed by atoms with Crippen LogP contribution in [0.2, 0.25) is 5.02 Å². The first-order valence-electron chi connectivity index (χ1n) is 6.76. The molecule has 0 saturated carbocycles. The average Bonchev–Trinajstić information content (AvgIpc) is 2.36. The third-order valence-electron chi connectivity index (χ3n) is 3.75. The molecule has 3 heteroatoms. The zero-order chi connectivity index (χ0) is 13.6. The third kappa shape index (κ3) is 3.46. The van der Waals surface area contributed by atoms with Crippen LogP contribution in [0.4, 0.5) is 4.39 Å². The van der Waals surface area contributed by atoms with Crippen LogP contribution in [0.5, 0.6) is 0 Å². The second-order valence-electron chi connectivity index (χ2n) is 4.79. The van der Waals surface area contributed by atoms with E-state index in [4.69, 9.17) is 11.6 Å². The van der Waals surface area contributed by atoms with E-state index >= 15 is 0 Å². The van der Waals surface area contributed by atoms with E-state index in [-0.39, 0.29) is 11.2 Å². The van der Waals surface area contributed by atoms with Crippen molar-refractivity contribution in [1.29, 1.82) is 0 Å². The summed E-state index contributed by atoms with van der Waals surface area (Å²) in [6, 6.07) is 4.75. The first-order chi connectivity index (χ1) is 8.59. The Hall–Kier alpha value is -0.600. The normalized spacial score (nSPS) is 11.8. The van der Waals surface area contributed by atoms with Crippen LogP contribution < -0.4 is 5.32 Å². The van der Waals surface area contributed by atoms with Crippen molar-refractivity contribution in [3.05, 3.63) is 34.6 Å². The fourth-order valence-corrected chi connectivity index (χ4v) is 2.77. The molecule has 1 aromatic carbocycles. The van der Waals surface area contributed by atoms with E-state index in [9.17, 15) is 4.39 Å². The Bertz CT molecular complexity index is 375. The van der Waals surface area contributed by atoms with E-state index < -0.39 is 0 Å². The highest BCUT2D eigenvalue weighted by Gasteiger charge is 2.30. The van der Waals surface area contributed by atoms with Gasteiger partial charge in [-0.25, -0.2) is 4.39 Å². The molecule has 18 heavy (non-hydrogen) atoms. The van der Waals surface area contributed by atoms with Gasteiger partial charge in [0.1, 0.15) is 5.82 Å². The lowest BCUT2D eigenvalue weighted by Crippen LogP contribution is -2.38. The van der Waals surface area contributed by atoms with Gasteiger partial charge in [-0.05, 0) is 43.5 Å². The van der Waals surface area contributed by atoms with E-state index in [1.807, 2.05) is 6.07 Å². The van der Waals surface area contributed by atoms with Crippen LogP contribution >= 0.6 is 11.6 Å². The van der Waals surface area contributed by atoms with E-state index in [0.29, 0.717) is 5.02 Å². The number of halogens is 2. The molecule has 0 atom stereocenters. The van der Waals surface area contributed by atoms with Gasteiger partial charge in [0, 0.05) is 17.0 Å². The van der Waals surface area contributed by atoms with Gasteiger partial charge in [0.15, 0.2) is 0 Å². The standard InChI is InChI=1S/C15H23ClFN/c1-4-9-18-11-15(5-2,6-3)13-8-7-12(17)10-14(13)16/h7-8,10,18H,4-6,9,11H2,1-3H3. The molecule has 0 aliphatic carbocycles. The molecule has 0 aliphatic rings. The van der Waals surface area contributed by atoms with Crippen molar-refractivity contribution in [1.82, 2.24) is 5.32 Å². The molecule has 1 N–H and O–H groups in total. The van der Waals surface area contributed by atoms with Crippen molar-refractivity contribution < 1.29 is 4.39 Å². The topological polar surface area (TPSA) is 12.0 Å². The molecule has 102 valence electrons. The number of rotatable bonds is 7. The zero-order valence-corrected chi connectivity index (χ0v) is 12.3. The molecule has 0 radical (unpaired) electrons. The predicted octanol–water partition coefficient (Wildman–Crippen LogP) is 4.54. The van der Waals surface area contributed by atoms with Gasteiger partial charge < -0.3 is 5.32 Å². The summed E-state index contributed by atoms with van der Waals surface area (Å²) in [4.78, 5) is 0. The summed E-state index contributed by atoms with van der Waals surface area (Å²) in [5, 5.41) is 4.00. The largest absolute Gasteiger partial charge is 0.316 e. The Kier molecular flexibility index (Phi) is 6.10. The lowest BCUT2D eigenvalue weighted by atomic mass is 9.75. The molecular formula is C15H23ClFN. The van der Waals surface area contributed by atoms with Crippen molar-refractivity contribution in [2.75, 3.05) is 13.1 Å². The molecule has 0 heterocycles. The van der Waals surface area contributed by atoms with Crippen LogP contribution in [-0.4, -0.2) is 13.1 Å². The van der Waals surface area contributed by atoms with Gasteiger partial charge in [0.2, 0.25) is 0 Å². The van der Waals surface area contributed by atoms with E-state index in [1.165, 1.54) is 12.1 Å². The number of benzene rings is 1. The first-order valence-corrected chi connectivity index (χ1v) is 7.13. The zero-order valence-electron chi connectivity index (χ0n) is 11.5. The van der Waals surface area contributed by atoms with Gasteiger partial charge >= 0.3 is 0 Å². The molecule has 1 rings (SSSR count). The van der Waals surface area contributed by atoms with Crippen LogP contribution in [0.3, 0.4) is 0 Å². The van der Waals surface area contributed by atoms with Crippen molar-refractivity contribution in [3.8, 4) is 0 Å². The van der Waals surface area contributed by atoms with Crippen molar-refractivity contribution in [3.63, 3.8) is 0 Å². The molecule has 0 amide bonds. The van der Waals surface area contributed by atoms with Crippen molar-refractivity contribution in [2.24, 2.45) is 0 Å². The van der Waals surface area contributed by atoms with Gasteiger partial charge in [-0.2, -0.15) is 0 Å². The first kappa shape index (κ1) is 15.5. The average molecular weight is 272 g/mol. The number of nitrogens with one attached hydrogen (secondary N) is 1. The maximum atomic E-state index is 13.2. The summed E-state index contributed by atoms with van der Waals surface area (Å²) in [6.07, 6.45) is 3.10. The van der Waals surface area contributed by atoms with Crippen LogP contribution in [0, 0.1) is 5.82 Å². The van der Waals surface area contributed by atoms with Crippen molar-refractivity contribution in [2.45, 2.75) is 45.4 Å². The molecule has 0 bridgehead atoms. The molecule has 0 spiro atoms.